The second kappa shape index (κ2) is 9.92. The van der Waals surface area contributed by atoms with Gasteiger partial charge >= 0.3 is 0 Å². The van der Waals surface area contributed by atoms with Gasteiger partial charge in [-0.1, -0.05) is 17.7 Å². The van der Waals surface area contributed by atoms with E-state index in [1.165, 1.54) is 19.2 Å². The highest BCUT2D eigenvalue weighted by Crippen LogP contribution is 2.21. The number of ether oxygens (including phenoxy) is 1. The standard InChI is InChI=1S/C20H22ClFN2O3/c1-13(15-7-10-18(27-2)17(22)12-15)24-19(25)4-3-11-23-20(26)14-5-8-16(21)9-6-14/h5-10,12-13H,3-4,11H2,1-2H3,(H,23,26)(H,24,25). The molecule has 0 aliphatic heterocycles. The Morgan fingerprint density at radius 2 is 1.89 bits per heavy atom. The van der Waals surface area contributed by atoms with E-state index >= 15 is 0 Å². The third-order valence-corrected chi connectivity index (χ3v) is 4.28. The van der Waals surface area contributed by atoms with Crippen molar-refractivity contribution in [1.82, 2.24) is 10.6 Å². The summed E-state index contributed by atoms with van der Waals surface area (Å²) in [5, 5.41) is 6.13. The Bertz CT molecular complexity index is 796. The molecule has 2 rings (SSSR count). The van der Waals surface area contributed by atoms with Gasteiger partial charge in [-0.2, -0.15) is 0 Å². The van der Waals surface area contributed by atoms with Crippen LogP contribution >= 0.6 is 11.6 Å². The van der Waals surface area contributed by atoms with Gasteiger partial charge in [-0.15, -0.1) is 0 Å². The predicted octanol–water partition coefficient (Wildman–Crippen LogP) is 3.88. The molecule has 0 aromatic heterocycles. The molecule has 0 heterocycles. The summed E-state index contributed by atoms with van der Waals surface area (Å²) in [4.78, 5) is 24.0. The third-order valence-electron chi connectivity index (χ3n) is 4.03. The molecule has 0 spiro atoms. The number of rotatable bonds is 8. The lowest BCUT2D eigenvalue weighted by Crippen LogP contribution is -2.29. The Morgan fingerprint density at radius 1 is 1.19 bits per heavy atom. The maximum Gasteiger partial charge on any atom is 0.251 e. The number of benzene rings is 2. The van der Waals surface area contributed by atoms with Crippen molar-refractivity contribution in [3.05, 3.63) is 64.4 Å². The van der Waals surface area contributed by atoms with E-state index < -0.39 is 5.82 Å². The maximum absolute atomic E-state index is 13.7. The van der Waals surface area contributed by atoms with Crippen LogP contribution in [0.3, 0.4) is 0 Å². The molecule has 2 amide bonds. The van der Waals surface area contributed by atoms with Crippen LogP contribution in [0.25, 0.3) is 0 Å². The number of carbonyl (C=O) groups excluding carboxylic acids is 2. The van der Waals surface area contributed by atoms with Crippen LogP contribution in [0.4, 0.5) is 4.39 Å². The number of hydrogen-bond acceptors (Lipinski definition) is 3. The molecule has 0 saturated heterocycles. The van der Waals surface area contributed by atoms with Crippen LogP contribution in [0.1, 0.15) is 41.7 Å². The maximum atomic E-state index is 13.7. The van der Waals surface area contributed by atoms with Gasteiger partial charge in [0.05, 0.1) is 13.2 Å². The van der Waals surface area contributed by atoms with Crippen molar-refractivity contribution in [1.29, 1.82) is 0 Å². The van der Waals surface area contributed by atoms with Crippen LogP contribution in [-0.2, 0) is 4.79 Å². The molecule has 144 valence electrons. The SMILES string of the molecule is COc1ccc(C(C)NC(=O)CCCNC(=O)c2ccc(Cl)cc2)cc1F. The van der Waals surface area contributed by atoms with Gasteiger partial charge in [-0.05, 0) is 55.3 Å². The first kappa shape index (κ1) is 20.7. The second-order valence-corrected chi connectivity index (χ2v) is 6.49. The third kappa shape index (κ3) is 6.25. The summed E-state index contributed by atoms with van der Waals surface area (Å²) in [7, 11) is 1.40. The summed E-state index contributed by atoms with van der Waals surface area (Å²) in [6.45, 7) is 2.15. The van der Waals surface area contributed by atoms with E-state index in [1.807, 2.05) is 0 Å². The first-order chi connectivity index (χ1) is 12.9. The molecule has 1 atom stereocenters. The van der Waals surface area contributed by atoms with E-state index in [1.54, 1.807) is 37.3 Å². The van der Waals surface area contributed by atoms with Crippen LogP contribution in [0.2, 0.25) is 5.02 Å². The van der Waals surface area contributed by atoms with E-state index in [2.05, 4.69) is 10.6 Å². The fraction of sp³-hybridized carbons (Fsp3) is 0.300. The van der Waals surface area contributed by atoms with Gasteiger partial charge in [0.1, 0.15) is 0 Å². The van der Waals surface area contributed by atoms with E-state index in [9.17, 15) is 14.0 Å². The lowest BCUT2D eigenvalue weighted by Gasteiger charge is -2.15. The molecule has 5 nitrogen and oxygen atoms in total. The number of hydrogen-bond donors (Lipinski definition) is 2. The Hall–Kier alpha value is -2.60. The quantitative estimate of drug-likeness (QED) is 0.670. The molecule has 2 N–H and O–H groups in total. The van der Waals surface area contributed by atoms with Gasteiger partial charge in [0, 0.05) is 23.6 Å². The highest BCUT2D eigenvalue weighted by molar-refractivity contribution is 6.30. The summed E-state index contributed by atoms with van der Waals surface area (Å²) in [5.41, 5.74) is 1.16. The molecule has 0 fully saturated rings. The molecule has 0 aliphatic carbocycles. The van der Waals surface area contributed by atoms with Crippen LogP contribution in [0.5, 0.6) is 5.75 Å². The molecule has 2 aromatic carbocycles. The van der Waals surface area contributed by atoms with E-state index in [0.29, 0.717) is 29.1 Å². The van der Waals surface area contributed by atoms with Crippen molar-refractivity contribution in [3.63, 3.8) is 0 Å². The minimum Gasteiger partial charge on any atom is -0.494 e. The average Bonchev–Trinajstić information content (AvgIpc) is 2.65. The molecule has 0 radical (unpaired) electrons. The van der Waals surface area contributed by atoms with Crippen molar-refractivity contribution in [2.45, 2.75) is 25.8 Å². The summed E-state index contributed by atoms with van der Waals surface area (Å²) >= 11 is 5.78. The summed E-state index contributed by atoms with van der Waals surface area (Å²) in [5.74, 6) is -0.691. The molecule has 7 heteroatoms. The van der Waals surface area contributed by atoms with Gasteiger partial charge in [-0.3, -0.25) is 9.59 Å². The van der Waals surface area contributed by atoms with Crippen molar-refractivity contribution in [2.75, 3.05) is 13.7 Å². The lowest BCUT2D eigenvalue weighted by molar-refractivity contribution is -0.121. The zero-order chi connectivity index (χ0) is 19.8. The number of methoxy groups -OCH3 is 1. The van der Waals surface area contributed by atoms with E-state index in [4.69, 9.17) is 16.3 Å². The predicted molar refractivity (Wildman–Crippen MR) is 103 cm³/mol. The average molecular weight is 393 g/mol. The highest BCUT2D eigenvalue weighted by atomic mass is 35.5. The summed E-state index contributed by atoms with van der Waals surface area (Å²) in [6.07, 6.45) is 0.749. The lowest BCUT2D eigenvalue weighted by atomic mass is 10.1. The first-order valence-corrected chi connectivity index (χ1v) is 8.95. The topological polar surface area (TPSA) is 67.4 Å². The summed E-state index contributed by atoms with van der Waals surface area (Å²) < 4.78 is 18.6. The monoisotopic (exact) mass is 392 g/mol. The number of carbonyl (C=O) groups is 2. The van der Waals surface area contributed by atoms with Crippen LogP contribution in [0, 0.1) is 5.82 Å². The number of nitrogens with one attached hydrogen (secondary N) is 2. The van der Waals surface area contributed by atoms with Crippen LogP contribution in [-0.4, -0.2) is 25.5 Å². The van der Waals surface area contributed by atoms with E-state index in [-0.39, 0.29) is 30.0 Å². The van der Waals surface area contributed by atoms with Gasteiger partial charge in [0.2, 0.25) is 5.91 Å². The fourth-order valence-corrected chi connectivity index (χ4v) is 2.63. The zero-order valence-corrected chi connectivity index (χ0v) is 16.0. The smallest absolute Gasteiger partial charge is 0.251 e. The normalized spacial score (nSPS) is 11.6. The highest BCUT2D eigenvalue weighted by Gasteiger charge is 2.12. The van der Waals surface area contributed by atoms with Crippen molar-refractivity contribution >= 4 is 23.4 Å². The van der Waals surface area contributed by atoms with Crippen molar-refractivity contribution in [3.8, 4) is 5.75 Å². The molecular formula is C20H22ClFN2O3. The number of amides is 2. The molecule has 2 aromatic rings. The van der Waals surface area contributed by atoms with Gasteiger partial charge < -0.3 is 15.4 Å². The number of halogens is 2. The van der Waals surface area contributed by atoms with Crippen LogP contribution < -0.4 is 15.4 Å². The largest absolute Gasteiger partial charge is 0.494 e. The van der Waals surface area contributed by atoms with Crippen LogP contribution in [0.15, 0.2) is 42.5 Å². The van der Waals surface area contributed by atoms with Gasteiger partial charge in [0.25, 0.3) is 5.91 Å². The van der Waals surface area contributed by atoms with Gasteiger partial charge in [-0.25, -0.2) is 4.39 Å². The molecule has 27 heavy (non-hydrogen) atoms. The Morgan fingerprint density at radius 3 is 2.52 bits per heavy atom. The van der Waals surface area contributed by atoms with Crippen molar-refractivity contribution in [2.24, 2.45) is 0 Å². The van der Waals surface area contributed by atoms with E-state index in [0.717, 1.165) is 0 Å². The molecular weight excluding hydrogens is 371 g/mol. The molecule has 1 unspecified atom stereocenters. The van der Waals surface area contributed by atoms with Crippen molar-refractivity contribution < 1.29 is 18.7 Å². The fourth-order valence-electron chi connectivity index (χ4n) is 2.50. The second-order valence-electron chi connectivity index (χ2n) is 6.05. The zero-order valence-electron chi connectivity index (χ0n) is 15.2. The minimum absolute atomic E-state index is 0.161. The Labute approximate surface area is 162 Å². The molecule has 0 aliphatic rings. The summed E-state index contributed by atoms with van der Waals surface area (Å²) in [6, 6.07) is 10.8. The van der Waals surface area contributed by atoms with Gasteiger partial charge in [0.15, 0.2) is 11.6 Å². The minimum atomic E-state index is -0.471. The molecule has 0 saturated carbocycles. The Kier molecular flexibility index (Phi) is 7.61. The molecule has 0 bridgehead atoms. The Balaban J connectivity index is 1.73. The first-order valence-electron chi connectivity index (χ1n) is 8.57.